The predicted molar refractivity (Wildman–Crippen MR) is 81.5 cm³/mol. The minimum Gasteiger partial charge on any atom is -0.493 e. The first-order valence-corrected chi connectivity index (χ1v) is 8.15. The third-order valence-corrected chi connectivity index (χ3v) is 4.64. The summed E-state index contributed by atoms with van der Waals surface area (Å²) in [6.45, 7) is 1.86. The van der Waals surface area contributed by atoms with E-state index in [0.717, 1.165) is 30.0 Å². The van der Waals surface area contributed by atoms with Gasteiger partial charge in [-0.05, 0) is 6.07 Å². The summed E-state index contributed by atoms with van der Waals surface area (Å²) in [4.78, 5) is 25.3. The van der Waals surface area contributed by atoms with E-state index in [1.807, 2.05) is 24.3 Å². The molecule has 2 aliphatic heterocycles. The molecule has 1 fully saturated rings. The Morgan fingerprint density at radius 1 is 1.43 bits per heavy atom. The Labute approximate surface area is 128 Å². The molecule has 1 atom stereocenters. The molecule has 3 rings (SSSR count). The number of fused-ring (bicyclic) bond motifs is 1. The number of carbonyl (C=O) groups excluding carboxylic acids is 2. The van der Waals surface area contributed by atoms with Crippen molar-refractivity contribution in [3.05, 3.63) is 29.8 Å². The largest absolute Gasteiger partial charge is 0.493 e. The van der Waals surface area contributed by atoms with E-state index in [1.165, 1.54) is 11.8 Å². The van der Waals surface area contributed by atoms with Gasteiger partial charge in [0, 0.05) is 37.2 Å². The second-order valence-corrected chi connectivity index (χ2v) is 6.19. The molecule has 0 spiro atoms. The Balaban J connectivity index is 1.55. The van der Waals surface area contributed by atoms with E-state index < -0.39 is 0 Å². The third kappa shape index (κ3) is 3.32. The van der Waals surface area contributed by atoms with Crippen molar-refractivity contribution in [1.29, 1.82) is 0 Å². The highest BCUT2D eigenvalue weighted by Gasteiger charge is 2.24. The van der Waals surface area contributed by atoms with E-state index in [9.17, 15) is 9.59 Å². The van der Waals surface area contributed by atoms with E-state index in [2.05, 4.69) is 5.32 Å². The first-order valence-electron chi connectivity index (χ1n) is 7.17. The topological polar surface area (TPSA) is 58.6 Å². The number of hydrogen-bond acceptors (Lipinski definition) is 4. The van der Waals surface area contributed by atoms with Crippen LogP contribution in [0.5, 0.6) is 5.75 Å². The Morgan fingerprint density at radius 3 is 3.10 bits per heavy atom. The van der Waals surface area contributed by atoms with Gasteiger partial charge in [0.1, 0.15) is 5.75 Å². The maximum atomic E-state index is 12.1. The van der Waals surface area contributed by atoms with Gasteiger partial charge in [-0.15, -0.1) is 0 Å². The van der Waals surface area contributed by atoms with Gasteiger partial charge >= 0.3 is 0 Å². The Morgan fingerprint density at radius 2 is 2.29 bits per heavy atom. The number of thioether (sulfide) groups is 1. The minimum absolute atomic E-state index is 0.00565. The van der Waals surface area contributed by atoms with Gasteiger partial charge in [-0.25, -0.2) is 0 Å². The molecule has 5 nitrogen and oxygen atoms in total. The minimum atomic E-state index is -0.0126. The molecule has 2 heterocycles. The smallest absolute Gasteiger partial charge is 0.281 e. The highest BCUT2D eigenvalue weighted by Crippen LogP contribution is 2.31. The van der Waals surface area contributed by atoms with E-state index in [-0.39, 0.29) is 17.2 Å². The number of carbonyl (C=O) groups is 2. The average Bonchev–Trinajstić information content (AvgIpc) is 2.91. The fraction of sp³-hybridized carbons (Fsp3) is 0.467. The number of rotatable bonds is 4. The molecule has 6 heteroatoms. The van der Waals surface area contributed by atoms with E-state index >= 15 is 0 Å². The lowest BCUT2D eigenvalue weighted by atomic mass is 10.0. The molecule has 2 aliphatic rings. The van der Waals surface area contributed by atoms with Crippen LogP contribution in [0.2, 0.25) is 0 Å². The molecule has 1 aromatic carbocycles. The summed E-state index contributed by atoms with van der Waals surface area (Å²) in [6, 6.07) is 7.80. The summed E-state index contributed by atoms with van der Waals surface area (Å²) in [5.41, 5.74) is 1.03. The lowest BCUT2D eigenvalue weighted by molar-refractivity contribution is -0.122. The maximum absolute atomic E-state index is 12.1. The Kier molecular flexibility index (Phi) is 4.34. The molecule has 0 aliphatic carbocycles. The van der Waals surface area contributed by atoms with Crippen LogP contribution >= 0.6 is 11.8 Å². The van der Waals surface area contributed by atoms with Crippen molar-refractivity contribution in [2.45, 2.75) is 18.9 Å². The van der Waals surface area contributed by atoms with Crippen molar-refractivity contribution in [1.82, 2.24) is 10.2 Å². The molecule has 21 heavy (non-hydrogen) atoms. The van der Waals surface area contributed by atoms with Crippen molar-refractivity contribution in [2.75, 3.05) is 25.4 Å². The monoisotopic (exact) mass is 306 g/mol. The number of hydrogen-bond donors (Lipinski definition) is 1. The highest BCUT2D eigenvalue weighted by atomic mass is 32.2. The first kappa shape index (κ1) is 14.3. The Bertz CT molecular complexity index is 549. The summed E-state index contributed by atoms with van der Waals surface area (Å²) < 4.78 is 5.58. The highest BCUT2D eigenvalue weighted by molar-refractivity contribution is 8.13. The molecule has 2 amide bonds. The van der Waals surface area contributed by atoms with Crippen LogP contribution in [0, 0.1) is 0 Å². The van der Waals surface area contributed by atoms with E-state index in [0.29, 0.717) is 19.6 Å². The SMILES string of the molecule is O=C(CCN1CCSC1=O)N[C@@H]1CCOc2ccccc21. The van der Waals surface area contributed by atoms with Crippen LogP contribution in [-0.2, 0) is 4.79 Å². The number of ether oxygens (including phenoxy) is 1. The van der Waals surface area contributed by atoms with Crippen molar-refractivity contribution >= 4 is 22.9 Å². The Hall–Kier alpha value is -1.69. The van der Waals surface area contributed by atoms with Crippen LogP contribution in [0.1, 0.15) is 24.4 Å². The normalized spacial score (nSPS) is 20.9. The average molecular weight is 306 g/mol. The van der Waals surface area contributed by atoms with Gasteiger partial charge in [-0.3, -0.25) is 9.59 Å². The van der Waals surface area contributed by atoms with Crippen molar-refractivity contribution < 1.29 is 14.3 Å². The van der Waals surface area contributed by atoms with Crippen LogP contribution < -0.4 is 10.1 Å². The molecular weight excluding hydrogens is 288 g/mol. The summed E-state index contributed by atoms with van der Waals surface area (Å²) >= 11 is 1.32. The van der Waals surface area contributed by atoms with Gasteiger partial charge in [-0.2, -0.15) is 0 Å². The fourth-order valence-electron chi connectivity index (χ4n) is 2.62. The standard InChI is InChI=1S/C15H18N2O3S/c18-14(5-7-17-8-10-21-15(17)19)16-12-6-9-20-13-4-2-1-3-11(12)13/h1-4,12H,5-10H2,(H,16,18)/t12-/m1/s1. The second kappa shape index (κ2) is 6.39. The van der Waals surface area contributed by atoms with Crippen molar-refractivity contribution in [3.8, 4) is 5.75 Å². The van der Waals surface area contributed by atoms with Gasteiger partial charge < -0.3 is 15.0 Å². The zero-order valence-electron chi connectivity index (χ0n) is 11.7. The maximum Gasteiger partial charge on any atom is 0.281 e. The molecular formula is C15H18N2O3S. The number of nitrogens with one attached hydrogen (secondary N) is 1. The van der Waals surface area contributed by atoms with Gasteiger partial charge in [0.25, 0.3) is 5.24 Å². The van der Waals surface area contributed by atoms with Gasteiger partial charge in [0.15, 0.2) is 0 Å². The van der Waals surface area contributed by atoms with Crippen LogP contribution in [0.25, 0.3) is 0 Å². The predicted octanol–water partition coefficient (Wildman–Crippen LogP) is 2.19. The number of nitrogens with zero attached hydrogens (tertiary/aromatic N) is 1. The molecule has 0 unspecified atom stereocenters. The quantitative estimate of drug-likeness (QED) is 0.926. The second-order valence-electron chi connectivity index (χ2n) is 5.15. The third-order valence-electron chi connectivity index (χ3n) is 3.75. The van der Waals surface area contributed by atoms with E-state index in [4.69, 9.17) is 4.74 Å². The number of amides is 2. The number of benzene rings is 1. The summed E-state index contributed by atoms with van der Waals surface area (Å²) in [5.74, 6) is 1.66. The van der Waals surface area contributed by atoms with Crippen molar-refractivity contribution in [2.24, 2.45) is 0 Å². The molecule has 0 saturated carbocycles. The number of para-hydroxylation sites is 1. The summed E-state index contributed by atoms with van der Waals surface area (Å²) in [6.07, 6.45) is 1.13. The summed E-state index contributed by atoms with van der Waals surface area (Å²) in [7, 11) is 0. The van der Waals surface area contributed by atoms with Crippen LogP contribution in [0.4, 0.5) is 4.79 Å². The molecule has 1 aromatic rings. The zero-order valence-corrected chi connectivity index (χ0v) is 12.5. The molecule has 0 bridgehead atoms. The van der Waals surface area contributed by atoms with Crippen LogP contribution in [0.15, 0.2) is 24.3 Å². The lowest BCUT2D eigenvalue weighted by Gasteiger charge is -2.27. The summed E-state index contributed by atoms with van der Waals surface area (Å²) in [5, 5.41) is 3.13. The van der Waals surface area contributed by atoms with Crippen molar-refractivity contribution in [3.63, 3.8) is 0 Å². The van der Waals surface area contributed by atoms with Crippen LogP contribution in [0.3, 0.4) is 0 Å². The van der Waals surface area contributed by atoms with E-state index in [1.54, 1.807) is 4.90 Å². The van der Waals surface area contributed by atoms with Crippen LogP contribution in [-0.4, -0.2) is 41.5 Å². The molecule has 1 saturated heterocycles. The molecule has 0 radical (unpaired) electrons. The van der Waals surface area contributed by atoms with Gasteiger partial charge in [-0.1, -0.05) is 30.0 Å². The molecule has 0 aromatic heterocycles. The van der Waals surface area contributed by atoms with Gasteiger partial charge in [0.2, 0.25) is 5.91 Å². The zero-order chi connectivity index (χ0) is 14.7. The first-order chi connectivity index (χ1) is 10.2. The van der Waals surface area contributed by atoms with Gasteiger partial charge in [0.05, 0.1) is 12.6 Å². The lowest BCUT2D eigenvalue weighted by Crippen LogP contribution is -2.35. The molecule has 1 N–H and O–H groups in total. The molecule has 112 valence electrons. The fourth-order valence-corrected chi connectivity index (χ4v) is 3.48.